The highest BCUT2D eigenvalue weighted by atomic mass is 19.3. The minimum Gasteiger partial charge on any atom is -0.383 e. The van der Waals surface area contributed by atoms with Crippen LogP contribution in [0.25, 0.3) is 11.2 Å². The minimum atomic E-state index is -2.57. The van der Waals surface area contributed by atoms with E-state index in [0.717, 1.165) is 11.1 Å². The summed E-state index contributed by atoms with van der Waals surface area (Å²) < 4.78 is 30.8. The predicted octanol–water partition coefficient (Wildman–Crippen LogP) is 5.98. The normalized spacial score (nSPS) is 15.4. The smallest absolute Gasteiger partial charge is 0.263 e. The molecule has 43 heavy (non-hydrogen) atoms. The summed E-state index contributed by atoms with van der Waals surface area (Å²) >= 11 is 0. The minimum absolute atomic E-state index is 0.103. The molecule has 0 aliphatic heterocycles. The molecule has 3 heterocycles. The van der Waals surface area contributed by atoms with Gasteiger partial charge in [-0.05, 0) is 56.2 Å². The second-order valence-electron chi connectivity index (χ2n) is 11.9. The van der Waals surface area contributed by atoms with Gasteiger partial charge in [-0.1, -0.05) is 32.1 Å². The zero-order chi connectivity index (χ0) is 30.9. The monoisotopic (exact) mass is 582 g/mol. The number of allylic oxidation sites excluding steroid dienone is 1. The van der Waals surface area contributed by atoms with E-state index in [-0.39, 0.29) is 11.0 Å². The van der Waals surface area contributed by atoms with E-state index in [1.54, 1.807) is 36.0 Å². The second kappa shape index (κ2) is 11.3. The fraction of sp³-hybridized carbons (Fsp3) is 0.355. The maximum atomic E-state index is 13.9. The van der Waals surface area contributed by atoms with Crippen molar-refractivity contribution in [2.75, 3.05) is 11.9 Å². The number of aromatic nitrogens is 5. The van der Waals surface area contributed by atoms with E-state index in [1.807, 2.05) is 24.4 Å². The van der Waals surface area contributed by atoms with Crippen molar-refractivity contribution in [2.45, 2.75) is 58.5 Å². The quantitative estimate of drug-likeness (QED) is 0.174. The molecule has 0 amide bonds. The number of pyridine rings is 1. The first-order valence-electron chi connectivity index (χ1n) is 13.8. The van der Waals surface area contributed by atoms with Crippen LogP contribution in [0.2, 0.25) is 0 Å². The molecular formula is C31H32F2N10. The van der Waals surface area contributed by atoms with E-state index in [0.29, 0.717) is 53.3 Å². The molecule has 0 radical (unpaired) electrons. The molecule has 10 nitrogen and oxygen atoms in total. The molecule has 1 aliphatic rings. The van der Waals surface area contributed by atoms with Gasteiger partial charge in [0, 0.05) is 35.8 Å². The Hall–Kier alpha value is -5.10. The Balaban J connectivity index is 1.65. The molecule has 0 bridgehead atoms. The molecule has 1 atom stereocenters. The average Bonchev–Trinajstić information content (AvgIpc) is 3.40. The van der Waals surface area contributed by atoms with Crippen LogP contribution in [0.4, 0.5) is 20.2 Å². The zero-order valence-corrected chi connectivity index (χ0v) is 24.4. The van der Waals surface area contributed by atoms with Crippen molar-refractivity contribution in [1.29, 1.82) is 10.5 Å². The number of hydrogen-bond acceptors (Lipinski definition) is 8. The van der Waals surface area contributed by atoms with Crippen molar-refractivity contribution in [3.05, 3.63) is 76.9 Å². The van der Waals surface area contributed by atoms with Crippen LogP contribution in [0.15, 0.2) is 59.5 Å². The van der Waals surface area contributed by atoms with Crippen molar-refractivity contribution < 1.29 is 8.78 Å². The molecule has 3 aromatic heterocycles. The van der Waals surface area contributed by atoms with Gasteiger partial charge in [0.1, 0.15) is 17.3 Å². The average molecular weight is 583 g/mol. The van der Waals surface area contributed by atoms with E-state index in [4.69, 9.17) is 0 Å². The van der Waals surface area contributed by atoms with Gasteiger partial charge in [0.25, 0.3) is 6.43 Å². The Bertz CT molecular complexity index is 1790. The number of alkyl halides is 2. The summed E-state index contributed by atoms with van der Waals surface area (Å²) in [6, 6.07) is 12.8. The van der Waals surface area contributed by atoms with Gasteiger partial charge in [0.05, 0.1) is 46.3 Å². The first-order valence-corrected chi connectivity index (χ1v) is 13.8. The summed E-state index contributed by atoms with van der Waals surface area (Å²) in [5.74, 6) is 0. The predicted molar refractivity (Wildman–Crippen MR) is 160 cm³/mol. The molecule has 0 unspecified atom stereocenters. The van der Waals surface area contributed by atoms with Gasteiger partial charge in [-0.2, -0.15) is 15.6 Å². The first kappa shape index (κ1) is 29.4. The van der Waals surface area contributed by atoms with Gasteiger partial charge in [-0.3, -0.25) is 4.99 Å². The van der Waals surface area contributed by atoms with Crippen LogP contribution in [0.3, 0.4) is 0 Å². The van der Waals surface area contributed by atoms with Crippen molar-refractivity contribution in [2.24, 2.45) is 10.4 Å². The highest BCUT2D eigenvalue weighted by Crippen LogP contribution is 2.48. The van der Waals surface area contributed by atoms with Crippen LogP contribution < -0.4 is 10.6 Å². The molecular weight excluding hydrogens is 550 g/mol. The Morgan fingerprint density at radius 3 is 2.63 bits per heavy atom. The van der Waals surface area contributed by atoms with Crippen LogP contribution in [0.1, 0.15) is 69.0 Å². The van der Waals surface area contributed by atoms with Crippen LogP contribution in [-0.2, 0) is 5.54 Å². The molecule has 12 heteroatoms. The number of nitriles is 2. The van der Waals surface area contributed by atoms with Crippen LogP contribution in [0, 0.1) is 28.1 Å². The highest BCUT2D eigenvalue weighted by molar-refractivity contribution is 5.84. The Morgan fingerprint density at radius 1 is 1.23 bits per heavy atom. The number of fused-ring (bicyclic) bond motifs is 1. The summed E-state index contributed by atoms with van der Waals surface area (Å²) in [5.41, 5.74) is 3.11. The molecule has 0 spiro atoms. The Morgan fingerprint density at radius 2 is 2.00 bits per heavy atom. The molecule has 1 fully saturated rings. The molecule has 1 aromatic carbocycles. The number of hydrogen-bond donors (Lipinski definition) is 2. The fourth-order valence-electron chi connectivity index (χ4n) is 5.00. The fourth-order valence-corrected chi connectivity index (χ4v) is 5.00. The summed E-state index contributed by atoms with van der Waals surface area (Å²) in [4.78, 5) is 4.16. The van der Waals surface area contributed by atoms with E-state index >= 15 is 0 Å². The van der Waals surface area contributed by atoms with Crippen molar-refractivity contribution in [3.8, 4) is 12.1 Å². The molecule has 220 valence electrons. The van der Waals surface area contributed by atoms with E-state index in [2.05, 4.69) is 70.7 Å². The third-order valence-corrected chi connectivity index (χ3v) is 7.52. The Labute approximate surface area is 248 Å². The van der Waals surface area contributed by atoms with E-state index in [9.17, 15) is 19.3 Å². The number of nitrogens with zero attached hydrogens (tertiary/aromatic N) is 8. The van der Waals surface area contributed by atoms with Crippen LogP contribution in [0.5, 0.6) is 0 Å². The summed E-state index contributed by atoms with van der Waals surface area (Å²) in [7, 11) is 0. The highest BCUT2D eigenvalue weighted by Gasteiger charge is 2.54. The van der Waals surface area contributed by atoms with Gasteiger partial charge >= 0.3 is 0 Å². The third kappa shape index (κ3) is 5.69. The lowest BCUT2D eigenvalue weighted by Crippen LogP contribution is -2.26. The van der Waals surface area contributed by atoms with Crippen LogP contribution in [-0.4, -0.2) is 44.3 Å². The number of aliphatic imine (C=N–C) groups is 1. The number of rotatable bonds is 10. The molecule has 4 aromatic rings. The summed E-state index contributed by atoms with van der Waals surface area (Å²) in [6.07, 6.45) is 3.11. The molecule has 1 aliphatic carbocycles. The second-order valence-corrected chi connectivity index (χ2v) is 11.9. The lowest BCUT2D eigenvalue weighted by Gasteiger charge is -2.24. The molecule has 2 N–H and O–H groups in total. The number of anilines is 1. The van der Waals surface area contributed by atoms with Crippen molar-refractivity contribution >= 4 is 29.3 Å². The first-order chi connectivity index (χ1) is 20.5. The maximum absolute atomic E-state index is 13.9. The topological polar surface area (TPSA) is 132 Å². The maximum Gasteiger partial charge on any atom is 0.263 e. The van der Waals surface area contributed by atoms with E-state index in [1.165, 1.54) is 4.68 Å². The number of halogens is 2. The van der Waals surface area contributed by atoms with E-state index < -0.39 is 18.0 Å². The molecule has 1 saturated carbocycles. The SMILES string of the molecule is C=Nc1c(C#N)cc(N[C@H](c2cn(C3(C(F)F)CC3)nn2)c2cccn3nccc23)cc1/C(NCC(C)(C)C)=C(\C)C#N. The summed E-state index contributed by atoms with van der Waals surface area (Å²) in [6.45, 7) is 12.1. The van der Waals surface area contributed by atoms with Crippen molar-refractivity contribution in [3.63, 3.8) is 0 Å². The van der Waals surface area contributed by atoms with Gasteiger partial charge in [0.2, 0.25) is 0 Å². The number of nitrogens with one attached hydrogen (secondary N) is 2. The molecule has 5 rings (SSSR count). The van der Waals surface area contributed by atoms with Gasteiger partial charge in [0.15, 0.2) is 0 Å². The van der Waals surface area contributed by atoms with Gasteiger partial charge < -0.3 is 10.6 Å². The number of benzene rings is 1. The largest absolute Gasteiger partial charge is 0.383 e. The lowest BCUT2D eigenvalue weighted by atomic mass is 9.95. The van der Waals surface area contributed by atoms with Gasteiger partial charge in [-0.25, -0.2) is 18.0 Å². The summed E-state index contributed by atoms with van der Waals surface area (Å²) in [5, 5.41) is 39.6. The zero-order valence-electron chi connectivity index (χ0n) is 24.4. The van der Waals surface area contributed by atoms with Crippen LogP contribution >= 0.6 is 0 Å². The lowest BCUT2D eigenvalue weighted by molar-refractivity contribution is 0.0593. The van der Waals surface area contributed by atoms with Gasteiger partial charge in [-0.15, -0.1) is 5.10 Å². The standard InChI is InChI=1S/C31H32F2N10/c1-19(15-34)26(37-18-30(2,3)4)23-14-21(13-20(16-35)27(23)36-5)39-28(22-7-6-12-42-25(22)8-11-38-42)24-17-43(41-40-24)31(9-10-31)29(32)33/h6-8,11-14,17,28-29,37,39H,5,9-10,18H2,1-4H3/b26-19-/t28-/m0/s1. The van der Waals surface area contributed by atoms with Crippen molar-refractivity contribution in [1.82, 2.24) is 29.9 Å². The Kier molecular flexibility index (Phi) is 7.72. The molecule has 0 saturated heterocycles. The third-order valence-electron chi connectivity index (χ3n) is 7.52.